The number of nitrogens with one attached hydrogen (secondary N) is 2. The van der Waals surface area contributed by atoms with Crippen molar-refractivity contribution in [1.29, 1.82) is 0 Å². The number of amides is 1. The molecule has 11 heteroatoms. The molecule has 0 saturated carbocycles. The van der Waals surface area contributed by atoms with Crippen LogP contribution in [0.3, 0.4) is 0 Å². The highest BCUT2D eigenvalue weighted by molar-refractivity contribution is 9.10. The first-order valence-corrected chi connectivity index (χ1v) is 7.47. The highest BCUT2D eigenvalue weighted by Gasteiger charge is 2.29. The third kappa shape index (κ3) is 3.86. The van der Waals surface area contributed by atoms with E-state index in [0.29, 0.717) is 19.5 Å². The molecule has 2 N–H and O–H groups in total. The Morgan fingerprint density at radius 2 is 2.35 bits per heavy atom. The summed E-state index contributed by atoms with van der Waals surface area (Å²) in [4.78, 5) is 22.3. The van der Waals surface area contributed by atoms with Gasteiger partial charge in [0.25, 0.3) is 5.91 Å². The van der Waals surface area contributed by atoms with Crippen molar-refractivity contribution in [2.45, 2.75) is 19.9 Å². The molecular formula is C12H15BrN6O4. The SMILES string of the molecule is COc1n[nH]c(C(=O)NCCCn2cc(Br)c(C)n2)c1[N+](=O)[O-]. The van der Waals surface area contributed by atoms with E-state index in [4.69, 9.17) is 4.74 Å². The van der Waals surface area contributed by atoms with Crippen molar-refractivity contribution in [3.63, 3.8) is 0 Å². The summed E-state index contributed by atoms with van der Waals surface area (Å²) in [5.41, 5.74) is 0.176. The number of nitrogens with zero attached hydrogens (tertiary/aromatic N) is 4. The Bertz CT molecular complexity index is 706. The van der Waals surface area contributed by atoms with Crippen molar-refractivity contribution in [2.24, 2.45) is 0 Å². The van der Waals surface area contributed by atoms with Gasteiger partial charge in [-0.1, -0.05) is 0 Å². The molecule has 2 heterocycles. The molecule has 0 radical (unpaired) electrons. The van der Waals surface area contributed by atoms with Crippen LogP contribution < -0.4 is 10.1 Å². The fourth-order valence-electron chi connectivity index (χ4n) is 1.93. The zero-order valence-electron chi connectivity index (χ0n) is 12.5. The maximum absolute atomic E-state index is 12.0. The number of H-pyrrole nitrogens is 1. The minimum absolute atomic E-state index is 0.225. The van der Waals surface area contributed by atoms with Crippen molar-refractivity contribution in [1.82, 2.24) is 25.3 Å². The van der Waals surface area contributed by atoms with Crippen LogP contribution in [0.4, 0.5) is 5.69 Å². The number of rotatable bonds is 7. The summed E-state index contributed by atoms with van der Waals surface area (Å²) in [6, 6.07) is 0. The van der Waals surface area contributed by atoms with Gasteiger partial charge in [0.05, 0.1) is 22.2 Å². The average Bonchev–Trinajstić information content (AvgIpc) is 3.07. The van der Waals surface area contributed by atoms with Crippen LogP contribution in [0.2, 0.25) is 0 Å². The van der Waals surface area contributed by atoms with E-state index in [1.165, 1.54) is 7.11 Å². The van der Waals surface area contributed by atoms with E-state index in [2.05, 4.69) is 36.5 Å². The van der Waals surface area contributed by atoms with Crippen LogP contribution in [0.15, 0.2) is 10.7 Å². The molecule has 23 heavy (non-hydrogen) atoms. The van der Waals surface area contributed by atoms with Gasteiger partial charge in [0.15, 0.2) is 0 Å². The first kappa shape index (κ1) is 16.9. The second kappa shape index (κ2) is 7.22. The second-order valence-electron chi connectivity index (χ2n) is 4.65. The first-order valence-electron chi connectivity index (χ1n) is 6.68. The predicted molar refractivity (Wildman–Crippen MR) is 83.4 cm³/mol. The molecule has 0 bridgehead atoms. The molecule has 0 unspecified atom stereocenters. The summed E-state index contributed by atoms with van der Waals surface area (Å²) >= 11 is 3.37. The third-order valence-electron chi connectivity index (χ3n) is 3.05. The maximum atomic E-state index is 12.0. The van der Waals surface area contributed by atoms with Crippen LogP contribution in [-0.4, -0.2) is 44.5 Å². The fourth-order valence-corrected chi connectivity index (χ4v) is 2.24. The van der Waals surface area contributed by atoms with E-state index in [0.717, 1.165) is 10.2 Å². The summed E-state index contributed by atoms with van der Waals surface area (Å²) in [5, 5.41) is 23.8. The fraction of sp³-hybridized carbons (Fsp3) is 0.417. The lowest BCUT2D eigenvalue weighted by molar-refractivity contribution is -0.386. The average molecular weight is 387 g/mol. The van der Waals surface area contributed by atoms with Gasteiger partial charge in [0, 0.05) is 19.3 Å². The van der Waals surface area contributed by atoms with Crippen molar-refractivity contribution in [3.05, 3.63) is 32.2 Å². The molecule has 2 rings (SSSR count). The van der Waals surface area contributed by atoms with Gasteiger partial charge in [0.2, 0.25) is 5.69 Å². The number of aromatic nitrogens is 4. The number of aromatic amines is 1. The lowest BCUT2D eigenvalue weighted by Crippen LogP contribution is -2.26. The highest BCUT2D eigenvalue weighted by atomic mass is 79.9. The Morgan fingerprint density at radius 3 is 2.91 bits per heavy atom. The molecule has 10 nitrogen and oxygen atoms in total. The molecule has 0 saturated heterocycles. The van der Waals surface area contributed by atoms with Crippen molar-refractivity contribution in [2.75, 3.05) is 13.7 Å². The summed E-state index contributed by atoms with van der Waals surface area (Å²) in [7, 11) is 1.25. The van der Waals surface area contributed by atoms with Crippen LogP contribution in [0.5, 0.6) is 5.88 Å². The number of halogens is 1. The number of ether oxygens (including phenoxy) is 1. The molecular weight excluding hydrogens is 372 g/mol. The molecule has 0 spiro atoms. The van der Waals surface area contributed by atoms with Gasteiger partial charge in [-0.3, -0.25) is 24.7 Å². The molecule has 0 aliphatic carbocycles. The van der Waals surface area contributed by atoms with Crippen molar-refractivity contribution in [3.8, 4) is 5.88 Å². The van der Waals surface area contributed by atoms with Gasteiger partial charge in [-0.25, -0.2) is 0 Å². The number of carbonyl (C=O) groups excluding carboxylic acids is 1. The molecule has 124 valence electrons. The molecule has 0 aliphatic rings. The first-order chi connectivity index (χ1) is 10.9. The summed E-state index contributed by atoms with van der Waals surface area (Å²) in [5.74, 6) is -0.831. The smallest absolute Gasteiger partial charge is 0.362 e. The third-order valence-corrected chi connectivity index (χ3v) is 3.83. The van der Waals surface area contributed by atoms with Gasteiger partial charge in [-0.2, -0.15) is 5.10 Å². The largest absolute Gasteiger partial charge is 0.475 e. The second-order valence-corrected chi connectivity index (χ2v) is 5.50. The lowest BCUT2D eigenvalue weighted by atomic mass is 10.3. The number of methoxy groups -OCH3 is 1. The monoisotopic (exact) mass is 386 g/mol. The van der Waals surface area contributed by atoms with Crippen molar-refractivity contribution >= 4 is 27.5 Å². The predicted octanol–water partition coefficient (Wildman–Crippen LogP) is 1.41. The summed E-state index contributed by atoms with van der Waals surface area (Å²) < 4.78 is 7.43. The Balaban J connectivity index is 1.90. The minimum atomic E-state index is -0.707. The molecule has 2 aromatic heterocycles. The van der Waals surface area contributed by atoms with Crippen LogP contribution in [0.25, 0.3) is 0 Å². The van der Waals surface area contributed by atoms with E-state index in [1.807, 2.05) is 13.1 Å². The highest BCUT2D eigenvalue weighted by Crippen LogP contribution is 2.27. The molecule has 0 aromatic carbocycles. The molecule has 0 fully saturated rings. The number of carbonyl (C=O) groups is 1. The number of aryl methyl sites for hydroxylation is 2. The van der Waals surface area contributed by atoms with E-state index < -0.39 is 16.5 Å². The van der Waals surface area contributed by atoms with Crippen LogP contribution in [-0.2, 0) is 6.54 Å². The van der Waals surface area contributed by atoms with Crippen LogP contribution >= 0.6 is 15.9 Å². The van der Waals surface area contributed by atoms with Crippen LogP contribution in [0.1, 0.15) is 22.6 Å². The zero-order valence-corrected chi connectivity index (χ0v) is 14.1. The number of hydrogen-bond acceptors (Lipinski definition) is 6. The van der Waals surface area contributed by atoms with E-state index in [9.17, 15) is 14.9 Å². The van der Waals surface area contributed by atoms with Gasteiger partial charge >= 0.3 is 11.6 Å². The van der Waals surface area contributed by atoms with Gasteiger partial charge in [-0.15, -0.1) is 5.10 Å². The van der Waals surface area contributed by atoms with Crippen LogP contribution in [0, 0.1) is 17.0 Å². The summed E-state index contributed by atoms with van der Waals surface area (Å²) in [6.45, 7) is 2.84. The normalized spacial score (nSPS) is 10.6. The topological polar surface area (TPSA) is 128 Å². The Kier molecular flexibility index (Phi) is 5.32. The quantitative estimate of drug-likeness (QED) is 0.420. The number of hydrogen-bond donors (Lipinski definition) is 2. The van der Waals surface area contributed by atoms with E-state index in [-0.39, 0.29) is 11.6 Å². The van der Waals surface area contributed by atoms with Gasteiger partial charge in [-0.05, 0) is 29.3 Å². The standard InChI is InChI=1S/C12H15BrN6O4/c1-7-8(13)6-18(17-7)5-3-4-14-11(20)9-10(19(21)22)12(23-2)16-15-9/h6H,3-5H2,1-2H3,(H,14,20)(H,15,16). The van der Waals surface area contributed by atoms with E-state index >= 15 is 0 Å². The Hall–Kier alpha value is -2.43. The number of nitro groups is 1. The van der Waals surface area contributed by atoms with Crippen molar-refractivity contribution < 1.29 is 14.5 Å². The molecule has 0 aliphatic heterocycles. The zero-order chi connectivity index (χ0) is 17.0. The van der Waals surface area contributed by atoms with Gasteiger partial charge in [0.1, 0.15) is 0 Å². The molecule has 0 atom stereocenters. The van der Waals surface area contributed by atoms with Gasteiger partial charge < -0.3 is 10.1 Å². The minimum Gasteiger partial charge on any atom is -0.475 e. The summed E-state index contributed by atoms with van der Waals surface area (Å²) in [6.07, 6.45) is 2.47. The lowest BCUT2D eigenvalue weighted by Gasteiger charge is -2.04. The van der Waals surface area contributed by atoms with E-state index in [1.54, 1.807) is 4.68 Å². The molecule has 1 amide bonds. The Morgan fingerprint density at radius 1 is 1.61 bits per heavy atom. The maximum Gasteiger partial charge on any atom is 0.362 e. The Labute approximate surface area is 139 Å². The molecule has 2 aromatic rings.